The molecule has 0 unspecified atom stereocenters. The Kier molecular flexibility index (Phi) is 5.66. The van der Waals surface area contributed by atoms with Gasteiger partial charge in [-0.25, -0.2) is 0 Å². The van der Waals surface area contributed by atoms with Crippen LogP contribution in [0.1, 0.15) is 23.1 Å². The second kappa shape index (κ2) is 8.12. The topological polar surface area (TPSA) is 55.1 Å². The first kappa shape index (κ1) is 17.4. The third-order valence-corrected chi connectivity index (χ3v) is 4.43. The highest BCUT2D eigenvalue weighted by Gasteiger charge is 2.12. The molecule has 0 radical (unpaired) electrons. The van der Waals surface area contributed by atoms with Gasteiger partial charge in [-0.1, -0.05) is 57.0 Å². The van der Waals surface area contributed by atoms with Crippen molar-refractivity contribution in [2.45, 2.75) is 26.3 Å². The van der Waals surface area contributed by atoms with Crippen molar-refractivity contribution < 1.29 is 9.32 Å². The Labute approximate surface area is 155 Å². The molecule has 4 nitrogen and oxygen atoms in total. The van der Waals surface area contributed by atoms with Crippen LogP contribution in [-0.4, -0.2) is 11.1 Å². The van der Waals surface area contributed by atoms with Crippen molar-refractivity contribution in [3.05, 3.63) is 76.0 Å². The summed E-state index contributed by atoms with van der Waals surface area (Å²) in [5.41, 5.74) is 5.00. The van der Waals surface area contributed by atoms with E-state index in [1.54, 1.807) is 6.26 Å². The van der Waals surface area contributed by atoms with Gasteiger partial charge in [0.05, 0.1) is 0 Å². The van der Waals surface area contributed by atoms with Gasteiger partial charge in [-0.2, -0.15) is 0 Å². The Morgan fingerprint density at radius 3 is 2.84 bits per heavy atom. The number of nitrogens with zero attached hydrogens (tertiary/aromatic N) is 1. The van der Waals surface area contributed by atoms with E-state index in [1.165, 1.54) is 5.56 Å². The Morgan fingerprint density at radius 1 is 1.20 bits per heavy atom. The largest absolute Gasteiger partial charge is 0.364 e. The minimum Gasteiger partial charge on any atom is -0.364 e. The number of aromatic nitrogens is 1. The van der Waals surface area contributed by atoms with Gasteiger partial charge in [0.2, 0.25) is 5.91 Å². The first-order chi connectivity index (χ1) is 12.1. The maximum Gasteiger partial charge on any atom is 0.220 e. The van der Waals surface area contributed by atoms with Gasteiger partial charge in [0, 0.05) is 28.6 Å². The molecule has 0 fully saturated rings. The minimum absolute atomic E-state index is 0.0105. The predicted octanol–water partition coefficient (Wildman–Crippen LogP) is 4.66. The normalized spacial score (nSPS) is 10.6. The summed E-state index contributed by atoms with van der Waals surface area (Å²) in [5.74, 6) is 0.0105. The van der Waals surface area contributed by atoms with E-state index in [-0.39, 0.29) is 5.91 Å². The van der Waals surface area contributed by atoms with E-state index in [0.29, 0.717) is 19.4 Å². The molecule has 0 atom stereocenters. The number of nitrogens with one attached hydrogen (secondary N) is 1. The quantitative estimate of drug-likeness (QED) is 0.656. The Morgan fingerprint density at radius 2 is 2.04 bits per heavy atom. The molecule has 1 aromatic heterocycles. The van der Waals surface area contributed by atoms with Gasteiger partial charge >= 0.3 is 0 Å². The Hall–Kier alpha value is -2.40. The molecule has 1 heterocycles. The summed E-state index contributed by atoms with van der Waals surface area (Å²) in [4.78, 5) is 12.1. The first-order valence-corrected chi connectivity index (χ1v) is 8.92. The lowest BCUT2D eigenvalue weighted by Gasteiger charge is -2.06. The summed E-state index contributed by atoms with van der Waals surface area (Å²) in [7, 11) is 0. The number of carbonyl (C=O) groups excluding carboxylic acids is 1. The highest BCUT2D eigenvalue weighted by molar-refractivity contribution is 9.10. The number of hydrogen-bond donors (Lipinski definition) is 1. The maximum absolute atomic E-state index is 12.1. The number of amides is 1. The van der Waals surface area contributed by atoms with Crippen molar-refractivity contribution in [3.8, 4) is 11.3 Å². The molecular formula is C20H19BrN2O2. The molecule has 25 heavy (non-hydrogen) atoms. The van der Waals surface area contributed by atoms with E-state index in [1.807, 2.05) is 49.4 Å². The van der Waals surface area contributed by atoms with Crippen LogP contribution in [0, 0.1) is 6.92 Å². The second-order valence-corrected chi connectivity index (χ2v) is 6.88. The summed E-state index contributed by atoms with van der Waals surface area (Å²) >= 11 is 3.43. The average Bonchev–Trinajstić information content (AvgIpc) is 3.07. The first-order valence-electron chi connectivity index (χ1n) is 8.13. The summed E-state index contributed by atoms with van der Waals surface area (Å²) in [6.07, 6.45) is 2.62. The van der Waals surface area contributed by atoms with Crippen LogP contribution in [-0.2, 0) is 17.8 Å². The van der Waals surface area contributed by atoms with Crippen molar-refractivity contribution in [2.75, 3.05) is 0 Å². The molecule has 3 rings (SSSR count). The highest BCUT2D eigenvalue weighted by atomic mass is 79.9. The molecule has 0 spiro atoms. The summed E-state index contributed by atoms with van der Waals surface area (Å²) in [5, 5.41) is 7.04. The monoisotopic (exact) mass is 398 g/mol. The molecule has 0 saturated carbocycles. The summed E-state index contributed by atoms with van der Waals surface area (Å²) in [6, 6.07) is 16.0. The molecule has 0 saturated heterocycles. The molecule has 0 bridgehead atoms. The Balaban J connectivity index is 1.57. The standard InChI is InChI=1S/C20H19BrN2O2/c1-14-4-2-6-16(10-14)20-17(13-25-23-20)8-9-19(24)22-12-15-5-3-7-18(21)11-15/h2-7,10-11,13H,8-9,12H2,1H3,(H,22,24). The second-order valence-electron chi connectivity index (χ2n) is 5.96. The fourth-order valence-corrected chi connectivity index (χ4v) is 3.10. The third kappa shape index (κ3) is 4.79. The van der Waals surface area contributed by atoms with Crippen LogP contribution in [0.2, 0.25) is 0 Å². The lowest BCUT2D eigenvalue weighted by Crippen LogP contribution is -2.23. The van der Waals surface area contributed by atoms with Crippen LogP contribution in [0.5, 0.6) is 0 Å². The molecule has 3 aromatic rings. The van der Waals surface area contributed by atoms with Gasteiger partial charge < -0.3 is 9.84 Å². The molecule has 0 aliphatic rings. The van der Waals surface area contributed by atoms with Gasteiger partial charge in [-0.05, 0) is 37.1 Å². The highest BCUT2D eigenvalue weighted by Crippen LogP contribution is 2.24. The number of aryl methyl sites for hydroxylation is 2. The number of benzene rings is 2. The van der Waals surface area contributed by atoms with Crippen LogP contribution in [0.15, 0.2) is 63.8 Å². The van der Waals surface area contributed by atoms with E-state index in [2.05, 4.69) is 32.5 Å². The van der Waals surface area contributed by atoms with Gasteiger partial charge in [0.15, 0.2) is 0 Å². The molecule has 128 valence electrons. The number of halogens is 1. The summed E-state index contributed by atoms with van der Waals surface area (Å²) in [6.45, 7) is 2.56. The van der Waals surface area contributed by atoms with E-state index < -0.39 is 0 Å². The molecule has 0 aliphatic carbocycles. The van der Waals surface area contributed by atoms with Gasteiger partial charge in [-0.15, -0.1) is 0 Å². The van der Waals surface area contributed by atoms with E-state index >= 15 is 0 Å². The molecule has 1 amide bonds. The minimum atomic E-state index is 0.0105. The zero-order chi connectivity index (χ0) is 17.6. The molecule has 2 aromatic carbocycles. The van der Waals surface area contributed by atoms with E-state index in [0.717, 1.165) is 26.9 Å². The van der Waals surface area contributed by atoms with Crippen LogP contribution >= 0.6 is 15.9 Å². The van der Waals surface area contributed by atoms with Crippen molar-refractivity contribution in [1.29, 1.82) is 0 Å². The number of hydrogen-bond acceptors (Lipinski definition) is 3. The molecule has 5 heteroatoms. The van der Waals surface area contributed by atoms with E-state index in [4.69, 9.17) is 4.52 Å². The van der Waals surface area contributed by atoms with Gasteiger partial charge in [0.25, 0.3) is 0 Å². The third-order valence-electron chi connectivity index (χ3n) is 3.93. The van der Waals surface area contributed by atoms with Crippen LogP contribution in [0.25, 0.3) is 11.3 Å². The van der Waals surface area contributed by atoms with Crippen LogP contribution in [0.3, 0.4) is 0 Å². The van der Waals surface area contributed by atoms with Crippen LogP contribution in [0.4, 0.5) is 0 Å². The SMILES string of the molecule is Cc1cccc(-c2nocc2CCC(=O)NCc2cccc(Br)c2)c1. The number of rotatable bonds is 6. The molecule has 0 aliphatic heterocycles. The van der Waals surface area contributed by atoms with Crippen molar-refractivity contribution in [2.24, 2.45) is 0 Å². The lowest BCUT2D eigenvalue weighted by molar-refractivity contribution is -0.121. The fraction of sp³-hybridized carbons (Fsp3) is 0.200. The van der Waals surface area contributed by atoms with E-state index in [9.17, 15) is 4.79 Å². The fourth-order valence-electron chi connectivity index (χ4n) is 2.65. The smallest absolute Gasteiger partial charge is 0.220 e. The lowest BCUT2D eigenvalue weighted by atomic mass is 10.0. The van der Waals surface area contributed by atoms with Gasteiger partial charge in [0.1, 0.15) is 12.0 Å². The van der Waals surface area contributed by atoms with Crippen molar-refractivity contribution >= 4 is 21.8 Å². The predicted molar refractivity (Wildman–Crippen MR) is 101 cm³/mol. The van der Waals surface area contributed by atoms with Crippen LogP contribution < -0.4 is 5.32 Å². The van der Waals surface area contributed by atoms with Gasteiger partial charge in [-0.3, -0.25) is 4.79 Å². The van der Waals surface area contributed by atoms with Crippen molar-refractivity contribution in [3.63, 3.8) is 0 Å². The maximum atomic E-state index is 12.1. The summed E-state index contributed by atoms with van der Waals surface area (Å²) < 4.78 is 6.13. The molecule has 1 N–H and O–H groups in total. The van der Waals surface area contributed by atoms with Crippen molar-refractivity contribution in [1.82, 2.24) is 10.5 Å². The number of carbonyl (C=O) groups is 1. The Bertz CT molecular complexity index is 873. The average molecular weight is 399 g/mol. The zero-order valence-electron chi connectivity index (χ0n) is 14.0. The zero-order valence-corrected chi connectivity index (χ0v) is 15.5. The molecular weight excluding hydrogens is 380 g/mol.